The van der Waals surface area contributed by atoms with Gasteiger partial charge in [-0.2, -0.15) is 0 Å². The molecule has 2 N–H and O–H groups in total. The molecule has 1 aromatic heterocycles. The summed E-state index contributed by atoms with van der Waals surface area (Å²) in [6.45, 7) is 0. The molecule has 1 heterocycles. The Morgan fingerprint density at radius 2 is 2.20 bits per heavy atom. The zero-order valence-corrected chi connectivity index (χ0v) is 8.53. The smallest absolute Gasteiger partial charge is 0.259 e. The van der Waals surface area contributed by atoms with Crippen molar-refractivity contribution in [2.45, 2.75) is 4.90 Å². The van der Waals surface area contributed by atoms with Gasteiger partial charge in [-0.05, 0) is 12.1 Å². The number of nitrogens with one attached hydrogen (secondary N) is 2. The van der Waals surface area contributed by atoms with Crippen LogP contribution in [-0.2, 0) is 0 Å². The summed E-state index contributed by atoms with van der Waals surface area (Å²) in [6, 6.07) is 7.01. The van der Waals surface area contributed by atoms with Crippen molar-refractivity contribution < 1.29 is 4.79 Å². The molecule has 2 aromatic rings. The normalized spacial score (nSPS) is 9.93. The van der Waals surface area contributed by atoms with Gasteiger partial charge in [0.25, 0.3) is 5.91 Å². The molecule has 0 aliphatic carbocycles. The highest BCUT2D eigenvalue weighted by Gasteiger charge is 2.09. The fourth-order valence-corrected chi connectivity index (χ4v) is 1.37. The van der Waals surface area contributed by atoms with Gasteiger partial charge in [-0.15, -0.1) is 17.7 Å². The molecule has 15 heavy (non-hydrogen) atoms. The number of aromatic amines is 1. The average Bonchev–Trinajstić information content (AvgIpc) is 2.71. The van der Waals surface area contributed by atoms with Crippen LogP contribution in [0.3, 0.4) is 0 Å². The molecule has 6 heteroatoms. The number of carbonyl (C=O) groups is 1. The monoisotopic (exact) mass is 220 g/mol. The van der Waals surface area contributed by atoms with Crippen molar-refractivity contribution in [3.05, 3.63) is 36.2 Å². The largest absolute Gasteiger partial charge is 0.289 e. The molecule has 0 saturated carbocycles. The van der Waals surface area contributed by atoms with Crippen LogP contribution in [0.4, 0.5) is 5.95 Å². The van der Waals surface area contributed by atoms with Crippen molar-refractivity contribution in [1.29, 1.82) is 0 Å². The van der Waals surface area contributed by atoms with Gasteiger partial charge in [0.2, 0.25) is 5.95 Å². The SMILES string of the molecule is O=C(Nc1nc[nH]n1)c1ccccc1S. The van der Waals surface area contributed by atoms with Gasteiger partial charge in [-0.1, -0.05) is 12.1 Å². The summed E-state index contributed by atoms with van der Waals surface area (Å²) in [5, 5.41) is 8.76. The summed E-state index contributed by atoms with van der Waals surface area (Å²) in [5.41, 5.74) is 0.491. The Balaban J connectivity index is 2.19. The molecule has 1 amide bonds. The molecule has 0 radical (unpaired) electrons. The quantitative estimate of drug-likeness (QED) is 0.669. The molecule has 2 rings (SSSR count). The number of amides is 1. The Labute approximate surface area is 91.3 Å². The van der Waals surface area contributed by atoms with Gasteiger partial charge in [-0.3, -0.25) is 15.2 Å². The fourth-order valence-electron chi connectivity index (χ4n) is 1.10. The van der Waals surface area contributed by atoms with Gasteiger partial charge in [-0.25, -0.2) is 4.98 Å². The molecule has 0 unspecified atom stereocenters. The standard InChI is InChI=1S/C9H8N4OS/c14-8(12-9-10-5-11-13-9)6-3-1-2-4-7(6)15/h1-5,15H,(H2,10,11,12,13,14). The first kappa shape index (κ1) is 9.72. The maximum absolute atomic E-state index is 11.7. The third-order valence-corrected chi connectivity index (χ3v) is 2.18. The van der Waals surface area contributed by atoms with Crippen LogP contribution in [0.15, 0.2) is 35.5 Å². The van der Waals surface area contributed by atoms with E-state index in [0.29, 0.717) is 10.5 Å². The summed E-state index contributed by atoms with van der Waals surface area (Å²) in [5.74, 6) is -0.0308. The number of H-pyrrole nitrogens is 1. The van der Waals surface area contributed by atoms with Crippen molar-refractivity contribution in [3.8, 4) is 0 Å². The molecular weight excluding hydrogens is 212 g/mol. The number of carbonyl (C=O) groups excluding carboxylic acids is 1. The Morgan fingerprint density at radius 1 is 1.40 bits per heavy atom. The lowest BCUT2D eigenvalue weighted by Gasteiger charge is -2.02. The van der Waals surface area contributed by atoms with E-state index in [-0.39, 0.29) is 11.9 Å². The van der Waals surface area contributed by atoms with Crippen LogP contribution in [0, 0.1) is 0 Å². The molecule has 0 saturated heterocycles. The number of thiol groups is 1. The maximum atomic E-state index is 11.7. The van der Waals surface area contributed by atoms with Crippen molar-refractivity contribution in [2.75, 3.05) is 5.32 Å². The molecule has 76 valence electrons. The van der Waals surface area contributed by atoms with Crippen molar-refractivity contribution in [1.82, 2.24) is 15.2 Å². The van der Waals surface area contributed by atoms with E-state index in [4.69, 9.17) is 0 Å². The Morgan fingerprint density at radius 3 is 2.87 bits per heavy atom. The Hall–Kier alpha value is -1.82. The van der Waals surface area contributed by atoms with Crippen molar-refractivity contribution >= 4 is 24.5 Å². The van der Waals surface area contributed by atoms with Gasteiger partial charge < -0.3 is 0 Å². The second kappa shape index (κ2) is 4.14. The maximum Gasteiger partial charge on any atom is 0.259 e. The van der Waals surface area contributed by atoms with E-state index in [1.165, 1.54) is 6.33 Å². The molecule has 5 nitrogen and oxygen atoms in total. The van der Waals surface area contributed by atoms with Gasteiger partial charge >= 0.3 is 0 Å². The summed E-state index contributed by atoms with van der Waals surface area (Å²) >= 11 is 4.18. The van der Waals surface area contributed by atoms with Crippen LogP contribution in [-0.4, -0.2) is 21.1 Å². The summed E-state index contributed by atoms with van der Waals surface area (Å²) in [6.07, 6.45) is 1.39. The molecular formula is C9H8N4OS. The lowest BCUT2D eigenvalue weighted by molar-refractivity contribution is 0.102. The first-order chi connectivity index (χ1) is 7.27. The molecule has 0 fully saturated rings. The molecule has 0 aliphatic heterocycles. The predicted octanol–water partition coefficient (Wildman–Crippen LogP) is 1.35. The van der Waals surface area contributed by atoms with Gasteiger partial charge in [0, 0.05) is 4.90 Å². The number of anilines is 1. The van der Waals surface area contributed by atoms with Gasteiger partial charge in [0.15, 0.2) is 0 Å². The molecule has 0 atom stereocenters. The predicted molar refractivity (Wildman–Crippen MR) is 58.0 cm³/mol. The third kappa shape index (κ3) is 2.16. The minimum atomic E-state index is -0.278. The van der Waals surface area contributed by atoms with Crippen LogP contribution < -0.4 is 5.32 Å². The average molecular weight is 220 g/mol. The number of nitrogens with zero attached hydrogens (tertiary/aromatic N) is 2. The van der Waals surface area contributed by atoms with E-state index in [1.54, 1.807) is 18.2 Å². The first-order valence-corrected chi connectivity index (χ1v) is 4.67. The van der Waals surface area contributed by atoms with E-state index in [9.17, 15) is 4.79 Å². The minimum Gasteiger partial charge on any atom is -0.289 e. The number of rotatable bonds is 2. The summed E-state index contributed by atoms with van der Waals surface area (Å²) in [7, 11) is 0. The zero-order valence-electron chi connectivity index (χ0n) is 7.64. The number of benzene rings is 1. The summed E-state index contributed by atoms with van der Waals surface area (Å²) < 4.78 is 0. The second-order valence-electron chi connectivity index (χ2n) is 2.79. The molecule has 0 bridgehead atoms. The fraction of sp³-hybridized carbons (Fsp3) is 0. The van der Waals surface area contributed by atoms with Crippen LogP contribution in [0.2, 0.25) is 0 Å². The van der Waals surface area contributed by atoms with Crippen LogP contribution >= 0.6 is 12.6 Å². The highest BCUT2D eigenvalue weighted by Crippen LogP contribution is 2.13. The molecule has 1 aromatic carbocycles. The van der Waals surface area contributed by atoms with E-state index < -0.39 is 0 Å². The lowest BCUT2D eigenvalue weighted by atomic mass is 10.2. The lowest BCUT2D eigenvalue weighted by Crippen LogP contribution is -2.13. The van der Waals surface area contributed by atoms with Crippen LogP contribution in [0.1, 0.15) is 10.4 Å². The summed E-state index contributed by atoms with van der Waals surface area (Å²) in [4.78, 5) is 16.1. The van der Waals surface area contributed by atoms with Gasteiger partial charge in [0.1, 0.15) is 6.33 Å². The third-order valence-electron chi connectivity index (χ3n) is 1.79. The Bertz CT molecular complexity index is 469. The van der Waals surface area contributed by atoms with Crippen molar-refractivity contribution in [3.63, 3.8) is 0 Å². The highest BCUT2D eigenvalue weighted by molar-refractivity contribution is 7.80. The number of hydrogen-bond acceptors (Lipinski definition) is 4. The van der Waals surface area contributed by atoms with Crippen molar-refractivity contribution in [2.24, 2.45) is 0 Å². The van der Waals surface area contributed by atoms with Crippen LogP contribution in [0.25, 0.3) is 0 Å². The molecule has 0 aliphatic rings. The molecule has 0 spiro atoms. The van der Waals surface area contributed by atoms with E-state index >= 15 is 0 Å². The highest BCUT2D eigenvalue weighted by atomic mass is 32.1. The van der Waals surface area contributed by atoms with E-state index in [1.807, 2.05) is 6.07 Å². The Kier molecular flexibility index (Phi) is 2.68. The number of hydrogen-bond donors (Lipinski definition) is 3. The minimum absolute atomic E-state index is 0.247. The topological polar surface area (TPSA) is 70.7 Å². The van der Waals surface area contributed by atoms with E-state index in [0.717, 1.165) is 0 Å². The second-order valence-corrected chi connectivity index (χ2v) is 3.28. The van der Waals surface area contributed by atoms with E-state index in [2.05, 4.69) is 33.1 Å². The van der Waals surface area contributed by atoms with Crippen LogP contribution in [0.5, 0.6) is 0 Å². The van der Waals surface area contributed by atoms with Gasteiger partial charge in [0.05, 0.1) is 5.56 Å². The number of aromatic nitrogens is 3. The zero-order chi connectivity index (χ0) is 10.7. The first-order valence-electron chi connectivity index (χ1n) is 4.22.